The standard InChI is InChI=1S/C21H28O2/c1-3-10-21(23)12-9-19-18-6-4-14-13-15(22)5-7-16(14)17(18)8-11-20(19,21)2/h3,5,7,10,13,17-19,22-23H,4,6,8-9,11-12H2,1-2H3/b10-3+/t17?,18?,19?,20-,21-/m0/s1. The third-order valence-corrected chi connectivity index (χ3v) is 7.37. The molecular formula is C21H28O2. The van der Waals surface area contributed by atoms with Crippen molar-refractivity contribution in [3.05, 3.63) is 41.5 Å². The third kappa shape index (κ3) is 2.04. The number of hydrogen-bond donors (Lipinski definition) is 2. The van der Waals surface area contributed by atoms with Crippen LogP contribution in [0.4, 0.5) is 0 Å². The molecule has 0 heterocycles. The number of allylic oxidation sites excluding steroid dienone is 1. The molecule has 2 fully saturated rings. The summed E-state index contributed by atoms with van der Waals surface area (Å²) in [6.07, 6.45) is 10.7. The zero-order valence-corrected chi connectivity index (χ0v) is 14.3. The molecule has 0 spiro atoms. The zero-order chi connectivity index (χ0) is 16.2. The summed E-state index contributed by atoms with van der Waals surface area (Å²) in [6.45, 7) is 4.34. The third-order valence-electron chi connectivity index (χ3n) is 7.37. The number of benzene rings is 1. The van der Waals surface area contributed by atoms with E-state index in [1.807, 2.05) is 25.1 Å². The molecule has 3 aliphatic carbocycles. The number of aryl methyl sites for hydroxylation is 1. The predicted octanol–water partition coefficient (Wildman–Crippen LogP) is 4.56. The van der Waals surface area contributed by atoms with E-state index in [1.165, 1.54) is 17.5 Å². The highest BCUT2D eigenvalue weighted by Gasteiger charge is 2.60. The van der Waals surface area contributed by atoms with Crippen molar-refractivity contribution in [1.82, 2.24) is 0 Å². The van der Waals surface area contributed by atoms with Crippen molar-refractivity contribution in [3.63, 3.8) is 0 Å². The Morgan fingerprint density at radius 3 is 2.78 bits per heavy atom. The molecule has 4 rings (SSSR count). The summed E-state index contributed by atoms with van der Waals surface area (Å²) >= 11 is 0. The summed E-state index contributed by atoms with van der Waals surface area (Å²) < 4.78 is 0. The van der Waals surface area contributed by atoms with Gasteiger partial charge in [0.1, 0.15) is 5.75 Å². The predicted molar refractivity (Wildman–Crippen MR) is 92.5 cm³/mol. The van der Waals surface area contributed by atoms with Crippen LogP contribution >= 0.6 is 0 Å². The largest absolute Gasteiger partial charge is 0.508 e. The highest BCUT2D eigenvalue weighted by molar-refractivity contribution is 5.40. The summed E-state index contributed by atoms with van der Waals surface area (Å²) in [5, 5.41) is 21.0. The maximum absolute atomic E-state index is 11.2. The lowest BCUT2D eigenvalue weighted by atomic mass is 9.53. The van der Waals surface area contributed by atoms with Crippen LogP contribution in [0.25, 0.3) is 0 Å². The minimum atomic E-state index is -0.618. The molecular weight excluding hydrogens is 284 g/mol. The van der Waals surface area contributed by atoms with Crippen LogP contribution in [0, 0.1) is 17.3 Å². The summed E-state index contributed by atoms with van der Waals surface area (Å²) in [5.41, 5.74) is 2.21. The molecule has 2 N–H and O–H groups in total. The maximum atomic E-state index is 11.2. The van der Waals surface area contributed by atoms with Crippen LogP contribution in [-0.4, -0.2) is 15.8 Å². The lowest BCUT2D eigenvalue weighted by Crippen LogP contribution is -2.49. The normalized spacial score (nSPS) is 42.3. The minimum absolute atomic E-state index is 0.0229. The summed E-state index contributed by atoms with van der Waals surface area (Å²) in [6, 6.07) is 5.96. The topological polar surface area (TPSA) is 40.5 Å². The van der Waals surface area contributed by atoms with Gasteiger partial charge in [-0.05, 0) is 86.5 Å². The summed E-state index contributed by atoms with van der Waals surface area (Å²) in [7, 11) is 0. The van der Waals surface area contributed by atoms with E-state index in [2.05, 4.69) is 19.1 Å². The van der Waals surface area contributed by atoms with Gasteiger partial charge >= 0.3 is 0 Å². The van der Waals surface area contributed by atoms with Crippen molar-refractivity contribution in [2.75, 3.05) is 0 Å². The first-order valence-electron chi connectivity index (χ1n) is 9.16. The Hall–Kier alpha value is -1.28. The van der Waals surface area contributed by atoms with Gasteiger partial charge in [0.25, 0.3) is 0 Å². The van der Waals surface area contributed by atoms with Crippen molar-refractivity contribution in [2.24, 2.45) is 17.3 Å². The quantitative estimate of drug-likeness (QED) is 0.747. The number of hydrogen-bond acceptors (Lipinski definition) is 2. The van der Waals surface area contributed by atoms with Crippen LogP contribution < -0.4 is 0 Å². The van der Waals surface area contributed by atoms with Gasteiger partial charge in [-0.25, -0.2) is 0 Å². The minimum Gasteiger partial charge on any atom is -0.508 e. The lowest BCUT2D eigenvalue weighted by molar-refractivity contribution is -0.0710. The first-order valence-corrected chi connectivity index (χ1v) is 9.16. The highest BCUT2D eigenvalue weighted by Crippen LogP contribution is 2.64. The maximum Gasteiger partial charge on any atom is 0.115 e. The smallest absolute Gasteiger partial charge is 0.115 e. The van der Waals surface area contributed by atoms with Gasteiger partial charge < -0.3 is 10.2 Å². The van der Waals surface area contributed by atoms with E-state index in [1.54, 1.807) is 0 Å². The van der Waals surface area contributed by atoms with Gasteiger partial charge in [-0.3, -0.25) is 0 Å². The van der Waals surface area contributed by atoms with Crippen LogP contribution in [0.1, 0.15) is 63.0 Å². The number of phenolic OH excluding ortho intramolecular Hbond substituents is 1. The number of aromatic hydroxyl groups is 1. The Kier molecular flexibility index (Phi) is 3.39. The van der Waals surface area contributed by atoms with Crippen molar-refractivity contribution in [1.29, 1.82) is 0 Å². The average molecular weight is 312 g/mol. The van der Waals surface area contributed by atoms with Gasteiger partial charge in [-0.2, -0.15) is 0 Å². The van der Waals surface area contributed by atoms with Crippen molar-refractivity contribution < 1.29 is 10.2 Å². The van der Waals surface area contributed by atoms with Crippen molar-refractivity contribution in [3.8, 4) is 5.75 Å². The average Bonchev–Trinajstić information content (AvgIpc) is 2.79. The molecule has 2 saturated carbocycles. The number of aliphatic hydroxyl groups is 1. The van der Waals surface area contributed by atoms with E-state index in [0.29, 0.717) is 23.5 Å². The van der Waals surface area contributed by atoms with Gasteiger partial charge in [-0.15, -0.1) is 0 Å². The van der Waals surface area contributed by atoms with Crippen LogP contribution in [0.15, 0.2) is 30.4 Å². The van der Waals surface area contributed by atoms with E-state index in [0.717, 1.165) is 32.1 Å². The number of rotatable bonds is 1. The molecule has 0 saturated heterocycles. The van der Waals surface area contributed by atoms with E-state index >= 15 is 0 Å². The molecule has 1 aromatic carbocycles. The van der Waals surface area contributed by atoms with E-state index < -0.39 is 5.60 Å². The monoisotopic (exact) mass is 312 g/mol. The summed E-state index contributed by atoms with van der Waals surface area (Å²) in [4.78, 5) is 0. The Morgan fingerprint density at radius 1 is 1.17 bits per heavy atom. The molecule has 2 nitrogen and oxygen atoms in total. The molecule has 3 unspecified atom stereocenters. The molecule has 0 amide bonds. The van der Waals surface area contributed by atoms with Gasteiger partial charge in [0.05, 0.1) is 5.60 Å². The van der Waals surface area contributed by atoms with Crippen LogP contribution in [0.5, 0.6) is 5.75 Å². The fraction of sp³-hybridized carbons (Fsp3) is 0.619. The fourth-order valence-corrected chi connectivity index (χ4v) is 6.17. The van der Waals surface area contributed by atoms with Crippen molar-refractivity contribution >= 4 is 0 Å². The molecule has 124 valence electrons. The lowest BCUT2D eigenvalue weighted by Gasteiger charge is -2.52. The Morgan fingerprint density at radius 2 is 2.00 bits per heavy atom. The molecule has 0 radical (unpaired) electrons. The van der Waals surface area contributed by atoms with Crippen LogP contribution in [0.2, 0.25) is 0 Å². The molecule has 0 bridgehead atoms. The number of phenols is 1. The van der Waals surface area contributed by atoms with Gasteiger partial charge in [-0.1, -0.05) is 25.1 Å². The second-order valence-electron chi connectivity index (χ2n) is 8.22. The first kappa shape index (κ1) is 15.3. The van der Waals surface area contributed by atoms with Gasteiger partial charge in [0.15, 0.2) is 0 Å². The highest BCUT2D eigenvalue weighted by atomic mass is 16.3. The second kappa shape index (κ2) is 5.11. The number of fused-ring (bicyclic) bond motifs is 5. The molecule has 23 heavy (non-hydrogen) atoms. The fourth-order valence-electron chi connectivity index (χ4n) is 6.17. The molecule has 0 aromatic heterocycles. The van der Waals surface area contributed by atoms with E-state index in [4.69, 9.17) is 0 Å². The molecule has 5 atom stereocenters. The van der Waals surface area contributed by atoms with Crippen LogP contribution in [0.3, 0.4) is 0 Å². The van der Waals surface area contributed by atoms with Crippen LogP contribution in [-0.2, 0) is 6.42 Å². The van der Waals surface area contributed by atoms with Crippen molar-refractivity contribution in [2.45, 2.75) is 63.9 Å². The first-order chi connectivity index (χ1) is 11.0. The molecule has 3 aliphatic rings. The second-order valence-corrected chi connectivity index (χ2v) is 8.22. The Balaban J connectivity index is 1.70. The molecule has 2 heteroatoms. The Labute approximate surface area is 139 Å². The van der Waals surface area contributed by atoms with Gasteiger partial charge in [0.2, 0.25) is 0 Å². The van der Waals surface area contributed by atoms with E-state index in [9.17, 15) is 10.2 Å². The summed E-state index contributed by atoms with van der Waals surface area (Å²) in [5.74, 6) is 2.31. The van der Waals surface area contributed by atoms with E-state index in [-0.39, 0.29) is 5.41 Å². The molecule has 0 aliphatic heterocycles. The van der Waals surface area contributed by atoms with Gasteiger partial charge in [0, 0.05) is 5.41 Å². The Bertz CT molecular complexity index is 649. The molecule has 1 aromatic rings. The SMILES string of the molecule is C/C=C/[C@]1(O)CCC2C3CCc4cc(O)ccc4C3CC[C@@]21C. The zero-order valence-electron chi connectivity index (χ0n) is 14.3.